The van der Waals surface area contributed by atoms with E-state index in [2.05, 4.69) is 17.6 Å². The average Bonchev–Trinajstić information content (AvgIpc) is 3.02. The summed E-state index contributed by atoms with van der Waals surface area (Å²) in [4.78, 5) is 11.4. The molecule has 2 aromatic rings. The van der Waals surface area contributed by atoms with E-state index in [1.807, 2.05) is 10.8 Å². The zero-order valence-corrected chi connectivity index (χ0v) is 13.6. The van der Waals surface area contributed by atoms with Gasteiger partial charge in [-0.25, -0.2) is 4.39 Å². The van der Waals surface area contributed by atoms with Crippen LogP contribution in [0.2, 0.25) is 0 Å². The maximum Gasteiger partial charge on any atom is 0.152 e. The minimum atomic E-state index is -0.386. The van der Waals surface area contributed by atoms with Crippen LogP contribution in [0.1, 0.15) is 53.9 Å². The van der Waals surface area contributed by atoms with Crippen molar-refractivity contribution in [2.45, 2.75) is 38.0 Å². The highest BCUT2D eigenvalue weighted by atomic mass is 19.1. The van der Waals surface area contributed by atoms with E-state index in [1.54, 1.807) is 6.07 Å². The van der Waals surface area contributed by atoms with Gasteiger partial charge in [0.1, 0.15) is 5.82 Å². The minimum absolute atomic E-state index is 0.377. The molecule has 1 aliphatic heterocycles. The van der Waals surface area contributed by atoms with Crippen LogP contribution in [0.5, 0.6) is 0 Å². The molecule has 0 spiro atoms. The van der Waals surface area contributed by atoms with E-state index in [0.717, 1.165) is 23.9 Å². The summed E-state index contributed by atoms with van der Waals surface area (Å²) in [5, 5.41) is 5.57. The monoisotopic (exact) mass is 324 g/mol. The molecule has 0 unspecified atom stereocenters. The topological polar surface area (TPSA) is 34.0 Å². The molecule has 1 fully saturated rings. The van der Waals surface area contributed by atoms with E-state index >= 15 is 0 Å². The molecule has 4 heteroatoms. The fraction of sp³-hybridized carbons (Fsp3) is 0.350. The molecule has 1 aromatic heterocycles. The lowest BCUT2D eigenvalue weighted by Crippen LogP contribution is -2.37. The molecule has 4 rings (SSSR count). The lowest BCUT2D eigenvalue weighted by Gasteiger charge is -2.21. The number of rotatable bonds is 3. The third-order valence-electron chi connectivity index (χ3n) is 5.20. The molecule has 1 aromatic carbocycles. The Kier molecular flexibility index (Phi) is 3.97. The van der Waals surface area contributed by atoms with Crippen LogP contribution in [-0.4, -0.2) is 17.4 Å². The Balaban J connectivity index is 1.92. The number of carbonyl (C=O) groups excluding carboxylic acids is 1. The third-order valence-corrected chi connectivity index (χ3v) is 5.20. The molecule has 0 amide bonds. The molecule has 0 atom stereocenters. The van der Waals surface area contributed by atoms with Crippen LogP contribution in [0.15, 0.2) is 24.4 Å². The maximum absolute atomic E-state index is 13.5. The molecule has 0 radical (unpaired) electrons. The van der Waals surface area contributed by atoms with Crippen molar-refractivity contribution in [2.24, 2.45) is 0 Å². The van der Waals surface area contributed by atoms with Crippen LogP contribution in [0, 0.1) is 5.82 Å². The van der Waals surface area contributed by atoms with E-state index < -0.39 is 0 Å². The molecular weight excluding hydrogens is 303 g/mol. The number of aldehydes is 1. The number of nitrogens with zero attached hydrogens (tertiary/aromatic N) is 1. The van der Waals surface area contributed by atoms with E-state index in [-0.39, 0.29) is 5.82 Å². The number of nitrogens with one attached hydrogen (secondary N) is 1. The zero-order valence-electron chi connectivity index (χ0n) is 13.6. The van der Waals surface area contributed by atoms with Crippen molar-refractivity contribution in [3.05, 3.63) is 51.9 Å². The largest absolute Gasteiger partial charge is 0.386 e. The van der Waals surface area contributed by atoms with Gasteiger partial charge in [-0.05, 0) is 42.5 Å². The Labute approximate surface area is 140 Å². The van der Waals surface area contributed by atoms with Crippen molar-refractivity contribution in [2.75, 3.05) is 6.54 Å². The Hall–Kier alpha value is -2.36. The zero-order chi connectivity index (χ0) is 16.5. The molecule has 0 saturated heterocycles. The number of aromatic nitrogens is 1. The van der Waals surface area contributed by atoms with Crippen LogP contribution in [0.3, 0.4) is 0 Å². The molecule has 0 bridgehead atoms. The predicted octanol–water partition coefficient (Wildman–Crippen LogP) is 2.60. The second-order valence-electron chi connectivity index (χ2n) is 6.67. The van der Waals surface area contributed by atoms with Gasteiger partial charge in [-0.1, -0.05) is 25.3 Å². The summed E-state index contributed by atoms with van der Waals surface area (Å²) in [6.45, 7) is 0.820. The van der Waals surface area contributed by atoms with Crippen LogP contribution in [-0.2, 0) is 0 Å². The summed E-state index contributed by atoms with van der Waals surface area (Å²) < 4.78 is 15.5. The fourth-order valence-corrected chi connectivity index (χ4v) is 4.02. The molecule has 2 heterocycles. The molecule has 24 heavy (non-hydrogen) atoms. The van der Waals surface area contributed by atoms with Gasteiger partial charge in [-0.3, -0.25) is 4.79 Å². The Morgan fingerprint density at radius 1 is 1.21 bits per heavy atom. The minimum Gasteiger partial charge on any atom is -0.386 e. The SMILES string of the molecule is O=Cc1cc(F)ccc1-n1cc(C2CCCCC2)c2c1=CNCC=2. The summed E-state index contributed by atoms with van der Waals surface area (Å²) in [5.41, 5.74) is 2.48. The highest BCUT2D eigenvalue weighted by molar-refractivity contribution is 5.81. The predicted molar refractivity (Wildman–Crippen MR) is 93.1 cm³/mol. The normalized spacial score (nSPS) is 17.4. The number of benzene rings is 1. The maximum atomic E-state index is 13.5. The molecule has 2 aliphatic rings. The molecule has 1 aliphatic carbocycles. The van der Waals surface area contributed by atoms with E-state index in [9.17, 15) is 9.18 Å². The lowest BCUT2D eigenvalue weighted by atomic mass is 9.84. The smallest absolute Gasteiger partial charge is 0.152 e. The van der Waals surface area contributed by atoms with Crippen LogP contribution in [0.25, 0.3) is 18.0 Å². The van der Waals surface area contributed by atoms with Crippen molar-refractivity contribution in [1.29, 1.82) is 0 Å². The summed E-state index contributed by atoms with van der Waals surface area (Å²) in [6, 6.07) is 4.40. The van der Waals surface area contributed by atoms with Crippen molar-refractivity contribution in [3.63, 3.8) is 0 Å². The number of carbonyl (C=O) groups is 1. The molecular formula is C20H21FN2O. The Bertz CT molecular complexity index is 891. The second-order valence-corrected chi connectivity index (χ2v) is 6.67. The third kappa shape index (κ3) is 2.56. The van der Waals surface area contributed by atoms with Crippen molar-refractivity contribution in [1.82, 2.24) is 9.88 Å². The van der Waals surface area contributed by atoms with Crippen molar-refractivity contribution < 1.29 is 9.18 Å². The first-order valence-electron chi connectivity index (χ1n) is 8.68. The molecule has 1 N–H and O–H groups in total. The standard InChI is InChI=1S/C20H21FN2O/c21-16-6-7-19(15(10-16)13-24)23-12-18(14-4-2-1-3-5-14)17-8-9-22-11-20(17)23/h6-8,10-14,22H,1-5,9H2. The van der Waals surface area contributed by atoms with E-state index in [4.69, 9.17) is 0 Å². The van der Waals surface area contributed by atoms with Gasteiger partial charge < -0.3 is 9.88 Å². The summed E-state index contributed by atoms with van der Waals surface area (Å²) in [5.74, 6) is 0.194. The number of halogens is 1. The first kappa shape index (κ1) is 15.2. The fourth-order valence-electron chi connectivity index (χ4n) is 4.02. The van der Waals surface area contributed by atoms with Gasteiger partial charge in [0.15, 0.2) is 6.29 Å². The Morgan fingerprint density at radius 3 is 2.83 bits per heavy atom. The number of hydrogen-bond acceptors (Lipinski definition) is 2. The summed E-state index contributed by atoms with van der Waals surface area (Å²) >= 11 is 0. The van der Waals surface area contributed by atoms with Crippen LogP contribution in [0.4, 0.5) is 4.39 Å². The van der Waals surface area contributed by atoms with Gasteiger partial charge in [-0.15, -0.1) is 0 Å². The first-order valence-corrected chi connectivity index (χ1v) is 8.68. The van der Waals surface area contributed by atoms with Gasteiger partial charge in [-0.2, -0.15) is 0 Å². The Morgan fingerprint density at radius 2 is 2.04 bits per heavy atom. The number of hydrogen-bond donors (Lipinski definition) is 1. The van der Waals surface area contributed by atoms with Gasteiger partial charge >= 0.3 is 0 Å². The van der Waals surface area contributed by atoms with Gasteiger partial charge in [0.25, 0.3) is 0 Å². The lowest BCUT2D eigenvalue weighted by molar-refractivity contribution is 0.112. The highest BCUT2D eigenvalue weighted by Crippen LogP contribution is 2.31. The van der Waals surface area contributed by atoms with Crippen LogP contribution < -0.4 is 15.9 Å². The first-order chi connectivity index (χ1) is 11.8. The van der Waals surface area contributed by atoms with E-state index in [1.165, 1.54) is 55.0 Å². The quantitative estimate of drug-likeness (QED) is 0.881. The average molecular weight is 324 g/mol. The molecule has 124 valence electrons. The summed E-state index contributed by atoms with van der Waals surface area (Å²) in [7, 11) is 0. The summed E-state index contributed by atoms with van der Waals surface area (Å²) in [6.07, 6.45) is 13.4. The molecule has 3 nitrogen and oxygen atoms in total. The van der Waals surface area contributed by atoms with Gasteiger partial charge in [0.2, 0.25) is 0 Å². The second kappa shape index (κ2) is 6.27. The van der Waals surface area contributed by atoms with Crippen LogP contribution >= 0.6 is 0 Å². The van der Waals surface area contributed by atoms with Crippen molar-refractivity contribution in [3.8, 4) is 5.69 Å². The number of fused-ring (bicyclic) bond motifs is 1. The van der Waals surface area contributed by atoms with Crippen molar-refractivity contribution >= 4 is 18.6 Å². The van der Waals surface area contributed by atoms with Gasteiger partial charge in [0, 0.05) is 29.7 Å². The highest BCUT2D eigenvalue weighted by Gasteiger charge is 2.20. The van der Waals surface area contributed by atoms with E-state index in [0.29, 0.717) is 11.5 Å². The molecule has 1 saturated carbocycles. The van der Waals surface area contributed by atoms with Gasteiger partial charge in [0.05, 0.1) is 11.0 Å².